The number of unbranched alkanes of at least 4 members (excludes halogenated alkanes) is 4. The average molecular weight is 487 g/mol. The molecule has 1 saturated heterocycles. The summed E-state index contributed by atoms with van der Waals surface area (Å²) < 4.78 is 2.02. The van der Waals surface area contributed by atoms with E-state index < -0.39 is 0 Å². The average Bonchev–Trinajstić information content (AvgIpc) is 3.27. The predicted octanol–water partition coefficient (Wildman–Crippen LogP) is 6.25. The highest BCUT2D eigenvalue weighted by atomic mass is 32.2. The molecule has 2 aromatic carbocycles. The van der Waals surface area contributed by atoms with E-state index in [-0.39, 0.29) is 11.9 Å². The quantitative estimate of drug-likeness (QED) is 0.210. The number of anilines is 3. The van der Waals surface area contributed by atoms with Crippen LogP contribution in [0.3, 0.4) is 0 Å². The van der Waals surface area contributed by atoms with Gasteiger partial charge in [0.05, 0.1) is 11.3 Å². The molecule has 1 atom stereocenters. The molecule has 0 aromatic heterocycles. The van der Waals surface area contributed by atoms with E-state index in [4.69, 9.17) is 5.73 Å². The molecule has 0 bridgehead atoms. The van der Waals surface area contributed by atoms with Crippen LogP contribution in [0, 0.1) is 0 Å². The summed E-state index contributed by atoms with van der Waals surface area (Å²) in [5.74, 6) is 1.06. The van der Waals surface area contributed by atoms with Crippen LogP contribution in [0.4, 0.5) is 17.1 Å². The van der Waals surface area contributed by atoms with Gasteiger partial charge in [-0.2, -0.15) is 0 Å². The third-order valence-corrected chi connectivity index (χ3v) is 7.90. The second-order valence-corrected chi connectivity index (χ2v) is 10.7. The molecule has 180 valence electrons. The highest BCUT2D eigenvalue weighted by molar-refractivity contribution is 8.00. The van der Waals surface area contributed by atoms with Crippen molar-refractivity contribution in [3.8, 4) is 0 Å². The zero-order valence-electron chi connectivity index (χ0n) is 20.2. The van der Waals surface area contributed by atoms with Crippen LogP contribution < -0.4 is 20.3 Å². The first-order valence-corrected chi connectivity index (χ1v) is 14.1. The maximum absolute atomic E-state index is 13.3. The third kappa shape index (κ3) is 7.59. The lowest BCUT2D eigenvalue weighted by Gasteiger charge is -2.23. The van der Waals surface area contributed by atoms with Gasteiger partial charge in [0, 0.05) is 48.7 Å². The van der Waals surface area contributed by atoms with Crippen molar-refractivity contribution in [3.05, 3.63) is 48.0 Å². The van der Waals surface area contributed by atoms with E-state index in [1.54, 1.807) is 11.9 Å². The Hall–Kier alpha value is -1.83. The summed E-state index contributed by atoms with van der Waals surface area (Å²) in [6.45, 7) is 4.01. The van der Waals surface area contributed by atoms with Gasteiger partial charge in [0.1, 0.15) is 0 Å². The number of nitrogens with one attached hydrogen (secondary N) is 1. The van der Waals surface area contributed by atoms with Gasteiger partial charge < -0.3 is 20.3 Å². The van der Waals surface area contributed by atoms with E-state index in [0.29, 0.717) is 5.56 Å². The first kappa shape index (κ1) is 25.8. The van der Waals surface area contributed by atoms with Crippen LogP contribution in [0.15, 0.2) is 47.4 Å². The lowest BCUT2D eigenvalue weighted by Crippen LogP contribution is -2.26. The lowest BCUT2D eigenvalue weighted by atomic mass is 10.1. The molecule has 0 radical (unpaired) electrons. The van der Waals surface area contributed by atoms with Crippen molar-refractivity contribution in [2.75, 3.05) is 46.7 Å². The normalized spacial score (nSPS) is 15.6. The number of carbonyl (C=O) groups is 1. The Kier molecular flexibility index (Phi) is 10.3. The van der Waals surface area contributed by atoms with Crippen LogP contribution in [-0.4, -0.2) is 44.1 Å². The van der Waals surface area contributed by atoms with E-state index in [1.807, 2.05) is 53.6 Å². The maximum atomic E-state index is 13.3. The molecule has 1 aliphatic heterocycles. The van der Waals surface area contributed by atoms with Gasteiger partial charge in [0.25, 0.3) is 5.91 Å². The summed E-state index contributed by atoms with van der Waals surface area (Å²) in [4.78, 5) is 16.8. The van der Waals surface area contributed by atoms with Gasteiger partial charge in [-0.25, -0.2) is 0 Å². The molecular formula is C26H38N4OS2. The fourth-order valence-corrected chi connectivity index (χ4v) is 5.29. The maximum Gasteiger partial charge on any atom is 0.257 e. The van der Waals surface area contributed by atoms with Crippen molar-refractivity contribution < 1.29 is 4.79 Å². The molecule has 2 aromatic rings. The molecule has 3 rings (SSSR count). The van der Waals surface area contributed by atoms with Gasteiger partial charge in [0.2, 0.25) is 0 Å². The topological polar surface area (TPSA) is 61.6 Å². The van der Waals surface area contributed by atoms with Gasteiger partial charge >= 0.3 is 0 Å². The number of carbonyl (C=O) groups excluding carboxylic acids is 1. The first-order valence-electron chi connectivity index (χ1n) is 12.0. The SMILES string of the molecule is CCCCCCCSc1ccc(NC(=O)c2cc(N3CCC(N)C3)ccc2N(C)SC)cc1. The van der Waals surface area contributed by atoms with Crippen LogP contribution in [0.5, 0.6) is 0 Å². The first-order chi connectivity index (χ1) is 16.0. The number of hydrogen-bond acceptors (Lipinski definition) is 6. The molecule has 0 saturated carbocycles. The van der Waals surface area contributed by atoms with E-state index in [1.165, 1.54) is 37.0 Å². The molecule has 3 N–H and O–H groups in total. The highest BCUT2D eigenvalue weighted by Crippen LogP contribution is 2.31. The molecule has 1 unspecified atom stereocenters. The summed E-state index contributed by atoms with van der Waals surface area (Å²) in [5.41, 5.74) is 9.55. The van der Waals surface area contributed by atoms with Crippen LogP contribution in [0.1, 0.15) is 55.8 Å². The molecule has 0 aliphatic carbocycles. The summed E-state index contributed by atoms with van der Waals surface area (Å²) in [5, 5.41) is 3.09. The molecule has 5 nitrogen and oxygen atoms in total. The zero-order valence-corrected chi connectivity index (χ0v) is 21.8. The highest BCUT2D eigenvalue weighted by Gasteiger charge is 2.22. The van der Waals surface area contributed by atoms with Crippen LogP contribution in [-0.2, 0) is 0 Å². The number of nitrogens with two attached hydrogens (primary N) is 1. The Morgan fingerprint density at radius 3 is 2.58 bits per heavy atom. The molecule has 7 heteroatoms. The largest absolute Gasteiger partial charge is 0.370 e. The second-order valence-electron chi connectivity index (χ2n) is 8.62. The Bertz CT molecular complexity index is 890. The summed E-state index contributed by atoms with van der Waals surface area (Å²) in [6, 6.07) is 14.5. The van der Waals surface area contributed by atoms with Gasteiger partial charge in [-0.3, -0.25) is 4.79 Å². The number of amides is 1. The molecule has 1 fully saturated rings. The van der Waals surface area contributed by atoms with E-state index in [9.17, 15) is 4.79 Å². The van der Waals surface area contributed by atoms with E-state index in [2.05, 4.69) is 35.3 Å². The lowest BCUT2D eigenvalue weighted by molar-refractivity contribution is 0.102. The number of nitrogens with zero attached hydrogens (tertiary/aromatic N) is 2. The van der Waals surface area contributed by atoms with Crippen molar-refractivity contribution in [2.45, 2.75) is 56.4 Å². The predicted molar refractivity (Wildman–Crippen MR) is 147 cm³/mol. The molecule has 1 aliphatic rings. The summed E-state index contributed by atoms with van der Waals surface area (Å²) in [6.07, 6.45) is 9.51. The minimum Gasteiger partial charge on any atom is -0.370 e. The fraction of sp³-hybridized carbons (Fsp3) is 0.500. The Labute approximate surface area is 208 Å². The monoisotopic (exact) mass is 486 g/mol. The molecule has 33 heavy (non-hydrogen) atoms. The van der Waals surface area contributed by atoms with E-state index >= 15 is 0 Å². The van der Waals surface area contributed by atoms with Crippen molar-refractivity contribution in [3.63, 3.8) is 0 Å². The number of rotatable bonds is 12. The number of thioether (sulfide) groups is 1. The Morgan fingerprint density at radius 2 is 1.91 bits per heavy atom. The Balaban J connectivity index is 1.64. The number of hydrogen-bond donors (Lipinski definition) is 2. The van der Waals surface area contributed by atoms with Gasteiger partial charge in [-0.1, -0.05) is 44.6 Å². The van der Waals surface area contributed by atoms with Crippen molar-refractivity contribution in [1.29, 1.82) is 0 Å². The van der Waals surface area contributed by atoms with Gasteiger partial charge in [-0.05, 0) is 61.1 Å². The van der Waals surface area contributed by atoms with Crippen LogP contribution in [0.25, 0.3) is 0 Å². The van der Waals surface area contributed by atoms with Gasteiger partial charge in [0.15, 0.2) is 0 Å². The zero-order chi connectivity index (χ0) is 23.6. The van der Waals surface area contributed by atoms with Gasteiger partial charge in [-0.15, -0.1) is 11.8 Å². The standard InChI is InChI=1S/C26H38N4OS2/c1-4-5-6-7-8-17-33-23-12-9-21(10-13-23)28-26(31)24-18-22(30-16-15-20(27)19-30)11-14-25(24)29(2)32-3/h9-14,18,20H,4-8,15-17,19,27H2,1-3H3,(H,28,31). The van der Waals surface area contributed by atoms with E-state index in [0.717, 1.165) is 42.3 Å². The van der Waals surface area contributed by atoms with Crippen molar-refractivity contribution >= 4 is 46.7 Å². The summed E-state index contributed by atoms with van der Waals surface area (Å²) >= 11 is 3.48. The molecule has 1 heterocycles. The number of benzene rings is 2. The third-order valence-electron chi connectivity index (χ3n) is 6.06. The molecule has 1 amide bonds. The summed E-state index contributed by atoms with van der Waals surface area (Å²) in [7, 11) is 1.98. The molecule has 0 spiro atoms. The minimum atomic E-state index is -0.0902. The minimum absolute atomic E-state index is 0.0902. The van der Waals surface area contributed by atoms with Crippen molar-refractivity contribution in [2.24, 2.45) is 5.73 Å². The van der Waals surface area contributed by atoms with Crippen molar-refractivity contribution in [1.82, 2.24) is 0 Å². The van der Waals surface area contributed by atoms with Crippen LogP contribution >= 0.6 is 23.7 Å². The molecular weight excluding hydrogens is 448 g/mol. The second kappa shape index (κ2) is 13.2. The fourth-order valence-electron chi connectivity index (χ4n) is 4.03. The smallest absolute Gasteiger partial charge is 0.257 e. The Morgan fingerprint density at radius 1 is 1.15 bits per heavy atom. The van der Waals surface area contributed by atoms with Crippen LogP contribution in [0.2, 0.25) is 0 Å².